The lowest BCUT2D eigenvalue weighted by molar-refractivity contribution is -0.244. The topological polar surface area (TPSA) is 76.0 Å². The molecule has 24 heavy (non-hydrogen) atoms. The maximum atomic E-state index is 11.6. The molecule has 142 valence electrons. The largest absolute Gasteiger partial charge is 0.427 e. The van der Waals surface area contributed by atoms with Crippen LogP contribution in [0.15, 0.2) is 12.2 Å². The van der Waals surface area contributed by atoms with Crippen LogP contribution in [0.25, 0.3) is 0 Å². The molecule has 0 aromatic rings. The minimum absolute atomic E-state index is 0.204. The molecule has 2 atom stereocenters. The average Bonchev–Trinajstić information content (AvgIpc) is 2.52. The first kappa shape index (κ1) is 23.1. The number of esters is 1. The van der Waals surface area contributed by atoms with E-state index < -0.39 is 17.9 Å². The highest BCUT2D eigenvalue weighted by Gasteiger charge is 2.36. The summed E-state index contributed by atoms with van der Waals surface area (Å²) in [5.74, 6) is -2.51. The van der Waals surface area contributed by atoms with Crippen molar-refractivity contribution in [2.45, 2.75) is 90.4 Å². The van der Waals surface area contributed by atoms with Crippen molar-refractivity contribution < 1.29 is 24.5 Å². The molecule has 0 amide bonds. The summed E-state index contributed by atoms with van der Waals surface area (Å²) in [6.45, 7) is 10.3. The van der Waals surface area contributed by atoms with Crippen LogP contribution in [0, 0.1) is 0 Å². The van der Waals surface area contributed by atoms with E-state index in [0.717, 1.165) is 51.7 Å². The zero-order valence-electron chi connectivity index (χ0n) is 15.7. The Morgan fingerprint density at radius 2 is 1.62 bits per heavy atom. The van der Waals surface area contributed by atoms with E-state index in [4.69, 9.17) is 9.47 Å². The van der Waals surface area contributed by atoms with Crippen molar-refractivity contribution in [2.24, 2.45) is 0 Å². The number of rotatable bonds is 15. The van der Waals surface area contributed by atoms with E-state index in [2.05, 4.69) is 13.5 Å². The smallest absolute Gasteiger partial charge is 0.335 e. The van der Waals surface area contributed by atoms with Crippen molar-refractivity contribution in [1.29, 1.82) is 0 Å². The molecule has 2 N–H and O–H groups in total. The van der Waals surface area contributed by atoms with Gasteiger partial charge < -0.3 is 19.7 Å². The third kappa shape index (κ3) is 10.8. The fourth-order valence-electron chi connectivity index (χ4n) is 2.23. The number of aliphatic hydroxyl groups is 2. The van der Waals surface area contributed by atoms with Gasteiger partial charge in [0.25, 0.3) is 0 Å². The van der Waals surface area contributed by atoms with Gasteiger partial charge in [0.1, 0.15) is 6.10 Å². The molecule has 0 bridgehead atoms. The van der Waals surface area contributed by atoms with Gasteiger partial charge in [-0.1, -0.05) is 45.6 Å². The summed E-state index contributed by atoms with van der Waals surface area (Å²) in [7, 11) is 0. The summed E-state index contributed by atoms with van der Waals surface area (Å²) in [4.78, 5) is 11.6. The number of aliphatic hydroxyl groups excluding tert-OH is 1. The zero-order chi connectivity index (χ0) is 18.4. The summed E-state index contributed by atoms with van der Waals surface area (Å²) < 4.78 is 10.5. The first-order valence-corrected chi connectivity index (χ1v) is 9.20. The Kier molecular flexibility index (Phi) is 12.9. The molecule has 5 nitrogen and oxygen atoms in total. The van der Waals surface area contributed by atoms with Gasteiger partial charge in [-0.2, -0.15) is 0 Å². The van der Waals surface area contributed by atoms with E-state index in [9.17, 15) is 15.0 Å². The van der Waals surface area contributed by atoms with E-state index >= 15 is 0 Å². The van der Waals surface area contributed by atoms with Gasteiger partial charge in [0.15, 0.2) is 0 Å². The molecule has 2 unspecified atom stereocenters. The molecule has 0 heterocycles. The first-order chi connectivity index (χ1) is 11.3. The van der Waals surface area contributed by atoms with Gasteiger partial charge >= 0.3 is 5.97 Å². The second kappa shape index (κ2) is 13.4. The van der Waals surface area contributed by atoms with Crippen LogP contribution in [0.1, 0.15) is 78.6 Å². The van der Waals surface area contributed by atoms with Crippen molar-refractivity contribution in [3.8, 4) is 0 Å². The molecule has 0 spiro atoms. The molecule has 0 aliphatic rings. The van der Waals surface area contributed by atoms with E-state index in [0.29, 0.717) is 6.42 Å². The predicted molar refractivity (Wildman–Crippen MR) is 95.6 cm³/mol. The van der Waals surface area contributed by atoms with Crippen LogP contribution in [0.5, 0.6) is 0 Å². The van der Waals surface area contributed by atoms with Crippen LogP contribution < -0.4 is 0 Å². The van der Waals surface area contributed by atoms with Gasteiger partial charge in [-0.3, -0.25) is 0 Å². The number of hydrogen-bond donors (Lipinski definition) is 2. The third-order valence-electron chi connectivity index (χ3n) is 3.99. The maximum absolute atomic E-state index is 11.6. The zero-order valence-corrected chi connectivity index (χ0v) is 15.7. The third-order valence-corrected chi connectivity index (χ3v) is 3.99. The molecule has 0 saturated carbocycles. The number of carbonyl (C=O) groups excluding carboxylic acids is 1. The van der Waals surface area contributed by atoms with Crippen molar-refractivity contribution in [1.82, 2.24) is 0 Å². The second-order valence-electron chi connectivity index (χ2n) is 6.53. The lowest BCUT2D eigenvalue weighted by atomic mass is 10.0. The van der Waals surface area contributed by atoms with Crippen molar-refractivity contribution >= 4 is 5.97 Å². The summed E-state index contributed by atoms with van der Waals surface area (Å²) >= 11 is 0. The minimum atomic E-state index is -1.83. The molecule has 0 aromatic heterocycles. The highest BCUT2D eigenvalue weighted by molar-refractivity contribution is 5.87. The van der Waals surface area contributed by atoms with Crippen LogP contribution >= 0.6 is 0 Å². The normalized spacial score (nSPS) is 14.9. The molecular formula is C19H36O5. The number of hydrogen-bond acceptors (Lipinski definition) is 5. The molecular weight excluding hydrogens is 308 g/mol. The van der Waals surface area contributed by atoms with Gasteiger partial charge in [-0.05, 0) is 33.1 Å². The van der Waals surface area contributed by atoms with Crippen LogP contribution in [0.2, 0.25) is 0 Å². The van der Waals surface area contributed by atoms with E-state index in [-0.39, 0.29) is 12.0 Å². The van der Waals surface area contributed by atoms with E-state index in [1.54, 1.807) is 0 Å². The Morgan fingerprint density at radius 1 is 1.08 bits per heavy atom. The monoisotopic (exact) mass is 344 g/mol. The first-order valence-electron chi connectivity index (χ1n) is 9.20. The molecule has 0 radical (unpaired) electrons. The Morgan fingerprint density at radius 3 is 2.17 bits per heavy atom. The summed E-state index contributed by atoms with van der Waals surface area (Å²) in [6.07, 6.45) is 7.39. The molecule has 0 aliphatic carbocycles. The van der Waals surface area contributed by atoms with Crippen molar-refractivity contribution in [2.75, 3.05) is 13.2 Å². The Hall–Kier alpha value is -0.910. The van der Waals surface area contributed by atoms with Crippen LogP contribution in [-0.4, -0.2) is 41.3 Å². The highest BCUT2D eigenvalue weighted by Crippen LogP contribution is 2.23. The average molecular weight is 344 g/mol. The predicted octanol–water partition coefficient (Wildman–Crippen LogP) is 3.72. The molecule has 5 heteroatoms. The van der Waals surface area contributed by atoms with Gasteiger partial charge in [0.2, 0.25) is 5.79 Å². The Labute approximate surface area is 147 Å². The van der Waals surface area contributed by atoms with E-state index in [1.807, 2.05) is 0 Å². The number of ether oxygens (including phenoxy) is 2. The van der Waals surface area contributed by atoms with Crippen LogP contribution in [0.4, 0.5) is 0 Å². The molecule has 0 saturated heterocycles. The van der Waals surface area contributed by atoms with Gasteiger partial charge in [0.05, 0.1) is 0 Å². The number of carbonyl (C=O) groups is 1. The van der Waals surface area contributed by atoms with Gasteiger partial charge in [-0.15, -0.1) is 0 Å². The van der Waals surface area contributed by atoms with Gasteiger partial charge in [0, 0.05) is 25.2 Å². The lowest BCUT2D eigenvalue weighted by Gasteiger charge is -2.30. The van der Waals surface area contributed by atoms with Crippen LogP contribution in [-0.2, 0) is 14.3 Å². The SMILES string of the molecule is C=C(C)C(=O)OC(O)(CCCCCCCCOCCCC)C(C)O. The second-order valence-corrected chi connectivity index (χ2v) is 6.53. The van der Waals surface area contributed by atoms with Crippen LogP contribution in [0.3, 0.4) is 0 Å². The summed E-state index contributed by atoms with van der Waals surface area (Å²) in [5.41, 5.74) is 0.204. The molecule has 0 aromatic carbocycles. The fourth-order valence-corrected chi connectivity index (χ4v) is 2.23. The quantitative estimate of drug-likeness (QED) is 0.205. The summed E-state index contributed by atoms with van der Waals surface area (Å²) in [6, 6.07) is 0. The Bertz CT molecular complexity index is 354. The Balaban J connectivity index is 3.78. The van der Waals surface area contributed by atoms with Gasteiger partial charge in [-0.25, -0.2) is 4.79 Å². The van der Waals surface area contributed by atoms with Crippen molar-refractivity contribution in [3.63, 3.8) is 0 Å². The molecule has 0 fully saturated rings. The number of unbranched alkanes of at least 4 members (excludes halogenated alkanes) is 6. The maximum Gasteiger partial charge on any atom is 0.335 e. The molecule has 0 rings (SSSR count). The lowest BCUT2D eigenvalue weighted by Crippen LogP contribution is -2.45. The highest BCUT2D eigenvalue weighted by atomic mass is 16.7. The van der Waals surface area contributed by atoms with E-state index in [1.165, 1.54) is 20.3 Å². The van der Waals surface area contributed by atoms with Crippen molar-refractivity contribution in [3.05, 3.63) is 12.2 Å². The minimum Gasteiger partial charge on any atom is -0.427 e. The standard InChI is InChI=1S/C19H36O5/c1-5-6-14-23-15-12-10-8-7-9-11-13-19(22,17(4)20)24-18(21)16(2)3/h17,20,22H,2,5-15H2,1,3-4H3. The summed E-state index contributed by atoms with van der Waals surface area (Å²) in [5, 5.41) is 20.0. The fraction of sp³-hybridized carbons (Fsp3) is 0.842. The molecule has 0 aliphatic heterocycles.